The zero-order valence-electron chi connectivity index (χ0n) is 8.33. The van der Waals surface area contributed by atoms with Gasteiger partial charge in [0.1, 0.15) is 0 Å². The molecule has 2 nitrogen and oxygen atoms in total. The van der Waals surface area contributed by atoms with Gasteiger partial charge in [0.05, 0.1) is 5.69 Å². The minimum absolute atomic E-state index is 0.849. The van der Waals surface area contributed by atoms with Gasteiger partial charge in [-0.2, -0.15) is 0 Å². The molecule has 2 rings (SSSR count). The summed E-state index contributed by atoms with van der Waals surface area (Å²) < 4.78 is 1.15. The van der Waals surface area contributed by atoms with Crippen molar-refractivity contribution >= 4 is 33.0 Å². The van der Waals surface area contributed by atoms with E-state index in [4.69, 9.17) is 0 Å². The van der Waals surface area contributed by atoms with E-state index >= 15 is 0 Å². The lowest BCUT2D eigenvalue weighted by Crippen LogP contribution is -1.97. The molecule has 0 spiro atoms. The molecule has 0 aliphatic heterocycles. The number of hydrogen-bond acceptors (Lipinski definition) is 3. The first-order valence-corrected chi connectivity index (χ1v) is 6.30. The van der Waals surface area contributed by atoms with E-state index < -0.39 is 0 Å². The molecule has 0 saturated heterocycles. The Labute approximate surface area is 101 Å². The number of aromatic nitrogens is 1. The second kappa shape index (κ2) is 4.77. The van der Waals surface area contributed by atoms with Crippen molar-refractivity contribution in [1.82, 2.24) is 4.98 Å². The van der Waals surface area contributed by atoms with Crippen molar-refractivity contribution in [3.05, 3.63) is 44.8 Å². The normalized spacial score (nSPS) is 10.3. The lowest BCUT2D eigenvalue weighted by atomic mass is 10.3. The summed E-state index contributed by atoms with van der Waals surface area (Å²) >= 11 is 5.18. The SMILES string of the molecule is Cc1cncc(NCc2cc(Br)cs2)c1. The van der Waals surface area contributed by atoms with E-state index in [0.717, 1.165) is 16.7 Å². The quantitative estimate of drug-likeness (QED) is 0.926. The largest absolute Gasteiger partial charge is 0.379 e. The monoisotopic (exact) mass is 282 g/mol. The van der Waals surface area contributed by atoms with E-state index in [9.17, 15) is 0 Å². The van der Waals surface area contributed by atoms with Gasteiger partial charge in [0.2, 0.25) is 0 Å². The van der Waals surface area contributed by atoms with Crippen molar-refractivity contribution in [2.75, 3.05) is 5.32 Å². The maximum Gasteiger partial charge on any atom is 0.0532 e. The molecule has 0 fully saturated rings. The second-order valence-corrected chi connectivity index (χ2v) is 5.25. The highest BCUT2D eigenvalue weighted by Gasteiger charge is 1.98. The standard InChI is InChI=1S/C11H11BrN2S/c1-8-2-10(5-13-4-8)14-6-11-3-9(12)7-15-11/h2-5,7,14H,6H2,1H3. The number of pyridine rings is 1. The Balaban J connectivity index is 1.99. The van der Waals surface area contributed by atoms with Crippen LogP contribution in [0.4, 0.5) is 5.69 Å². The third kappa shape index (κ3) is 3.04. The Morgan fingerprint density at radius 3 is 2.93 bits per heavy atom. The van der Waals surface area contributed by atoms with Crippen LogP contribution in [0.5, 0.6) is 0 Å². The van der Waals surface area contributed by atoms with Gasteiger partial charge in [-0.25, -0.2) is 0 Å². The molecule has 1 N–H and O–H groups in total. The number of rotatable bonds is 3. The number of aryl methyl sites for hydroxylation is 1. The van der Waals surface area contributed by atoms with Crippen molar-refractivity contribution in [1.29, 1.82) is 0 Å². The molecule has 2 aromatic rings. The van der Waals surface area contributed by atoms with Crippen LogP contribution in [-0.4, -0.2) is 4.98 Å². The molecule has 0 aliphatic carbocycles. The van der Waals surface area contributed by atoms with Crippen LogP contribution in [-0.2, 0) is 6.54 Å². The summed E-state index contributed by atoms with van der Waals surface area (Å²) in [6.45, 7) is 2.89. The molecule has 0 aliphatic rings. The van der Waals surface area contributed by atoms with E-state index in [1.165, 1.54) is 10.4 Å². The van der Waals surface area contributed by atoms with Gasteiger partial charge < -0.3 is 5.32 Å². The number of thiophene rings is 1. The first-order chi connectivity index (χ1) is 7.24. The number of nitrogens with zero attached hydrogens (tertiary/aromatic N) is 1. The summed E-state index contributed by atoms with van der Waals surface area (Å²) in [6, 6.07) is 4.22. The van der Waals surface area contributed by atoms with Crippen molar-refractivity contribution < 1.29 is 0 Å². The predicted octanol–water partition coefficient (Wildman–Crippen LogP) is 3.83. The second-order valence-electron chi connectivity index (χ2n) is 3.34. The fraction of sp³-hybridized carbons (Fsp3) is 0.182. The van der Waals surface area contributed by atoms with Crippen LogP contribution in [0.15, 0.2) is 34.4 Å². The van der Waals surface area contributed by atoms with Crippen LogP contribution in [0.2, 0.25) is 0 Å². The Morgan fingerprint density at radius 2 is 2.27 bits per heavy atom. The highest BCUT2D eigenvalue weighted by Crippen LogP contribution is 2.20. The number of hydrogen-bond donors (Lipinski definition) is 1. The van der Waals surface area contributed by atoms with Gasteiger partial charge in [0, 0.05) is 33.7 Å². The van der Waals surface area contributed by atoms with Crippen molar-refractivity contribution in [3.8, 4) is 0 Å². The molecule has 78 valence electrons. The highest BCUT2D eigenvalue weighted by molar-refractivity contribution is 9.10. The van der Waals surface area contributed by atoms with E-state index in [-0.39, 0.29) is 0 Å². The zero-order chi connectivity index (χ0) is 10.7. The summed E-state index contributed by atoms with van der Waals surface area (Å²) in [5.41, 5.74) is 2.24. The van der Waals surface area contributed by atoms with E-state index in [1.54, 1.807) is 11.3 Å². The topological polar surface area (TPSA) is 24.9 Å². The molecule has 0 atom stereocenters. The third-order valence-corrected chi connectivity index (χ3v) is 3.66. The van der Waals surface area contributed by atoms with Gasteiger partial charge in [-0.3, -0.25) is 4.98 Å². The maximum atomic E-state index is 4.13. The van der Waals surface area contributed by atoms with Gasteiger partial charge in [-0.15, -0.1) is 11.3 Å². The summed E-state index contributed by atoms with van der Waals surface area (Å²) in [5, 5.41) is 5.43. The zero-order valence-corrected chi connectivity index (χ0v) is 10.7. The van der Waals surface area contributed by atoms with Gasteiger partial charge in [0.25, 0.3) is 0 Å². The predicted molar refractivity (Wildman–Crippen MR) is 68.3 cm³/mol. The lowest BCUT2D eigenvalue weighted by molar-refractivity contribution is 1.16. The summed E-state index contributed by atoms with van der Waals surface area (Å²) in [6.07, 6.45) is 3.70. The number of anilines is 1. The van der Waals surface area contributed by atoms with Crippen LogP contribution >= 0.6 is 27.3 Å². The third-order valence-electron chi connectivity index (χ3n) is 1.96. The van der Waals surface area contributed by atoms with Crippen LogP contribution in [0, 0.1) is 6.92 Å². The average Bonchev–Trinajstić information content (AvgIpc) is 2.62. The van der Waals surface area contributed by atoms with Gasteiger partial charge >= 0.3 is 0 Å². The van der Waals surface area contributed by atoms with Gasteiger partial charge in [-0.05, 0) is 40.5 Å². The molecule has 0 amide bonds. The maximum absolute atomic E-state index is 4.13. The number of halogens is 1. The van der Waals surface area contributed by atoms with Gasteiger partial charge in [0.15, 0.2) is 0 Å². The summed E-state index contributed by atoms with van der Waals surface area (Å²) in [4.78, 5) is 5.44. The Morgan fingerprint density at radius 1 is 1.40 bits per heavy atom. The smallest absolute Gasteiger partial charge is 0.0532 e. The average molecular weight is 283 g/mol. The lowest BCUT2D eigenvalue weighted by Gasteiger charge is -2.04. The van der Waals surface area contributed by atoms with Crippen LogP contribution in [0.3, 0.4) is 0 Å². The molecule has 2 heterocycles. The van der Waals surface area contributed by atoms with Gasteiger partial charge in [-0.1, -0.05) is 0 Å². The van der Waals surface area contributed by atoms with Crippen LogP contribution < -0.4 is 5.32 Å². The first kappa shape index (κ1) is 10.6. The van der Waals surface area contributed by atoms with E-state index in [0.29, 0.717) is 0 Å². The molecule has 0 aromatic carbocycles. The van der Waals surface area contributed by atoms with Crippen molar-refractivity contribution in [3.63, 3.8) is 0 Å². The molecule has 2 aromatic heterocycles. The molecule has 0 radical (unpaired) electrons. The highest BCUT2D eigenvalue weighted by atomic mass is 79.9. The molecule has 0 bridgehead atoms. The summed E-state index contributed by atoms with van der Waals surface area (Å²) in [5.74, 6) is 0. The van der Waals surface area contributed by atoms with Crippen LogP contribution in [0.1, 0.15) is 10.4 Å². The Bertz CT molecular complexity index is 453. The molecule has 0 saturated carbocycles. The van der Waals surface area contributed by atoms with Crippen molar-refractivity contribution in [2.45, 2.75) is 13.5 Å². The van der Waals surface area contributed by atoms with Crippen LogP contribution in [0.25, 0.3) is 0 Å². The summed E-state index contributed by atoms with van der Waals surface area (Å²) in [7, 11) is 0. The minimum atomic E-state index is 0.849. The number of nitrogens with one attached hydrogen (secondary N) is 1. The molecule has 15 heavy (non-hydrogen) atoms. The molecular formula is C11H11BrN2S. The molecule has 0 unspecified atom stereocenters. The Kier molecular flexibility index (Phi) is 3.38. The fourth-order valence-corrected chi connectivity index (χ4v) is 2.68. The van der Waals surface area contributed by atoms with Crippen molar-refractivity contribution in [2.24, 2.45) is 0 Å². The minimum Gasteiger partial charge on any atom is -0.379 e. The first-order valence-electron chi connectivity index (χ1n) is 4.62. The van der Waals surface area contributed by atoms with E-state index in [2.05, 4.69) is 43.7 Å². The molecular weight excluding hydrogens is 272 g/mol. The molecule has 4 heteroatoms. The Hall–Kier alpha value is -0.870. The fourth-order valence-electron chi connectivity index (χ4n) is 1.29. The van der Waals surface area contributed by atoms with E-state index in [1.807, 2.05) is 19.3 Å².